The lowest BCUT2D eigenvalue weighted by Crippen LogP contribution is -2.55. The minimum Gasteiger partial charge on any atom is -0.480 e. The molecule has 1 aromatic carbocycles. The van der Waals surface area contributed by atoms with E-state index in [9.17, 15) is 19.1 Å². The maximum absolute atomic E-state index is 13.7. The minimum atomic E-state index is -1.29. The Morgan fingerprint density at radius 3 is 2.45 bits per heavy atom. The normalized spacial score (nSPS) is 17.4. The number of benzene rings is 1. The first-order valence-electron chi connectivity index (χ1n) is 6.55. The lowest BCUT2D eigenvalue weighted by molar-refractivity contribution is -0.145. The summed E-state index contributed by atoms with van der Waals surface area (Å²) in [7, 11) is 0. The van der Waals surface area contributed by atoms with Gasteiger partial charge in [0.05, 0.1) is 5.56 Å². The van der Waals surface area contributed by atoms with Crippen LogP contribution in [0.1, 0.15) is 42.5 Å². The number of carboxylic acids is 1. The van der Waals surface area contributed by atoms with Gasteiger partial charge in [0, 0.05) is 5.69 Å². The van der Waals surface area contributed by atoms with E-state index in [1.807, 2.05) is 0 Å². The summed E-state index contributed by atoms with van der Waals surface area (Å²) in [5.74, 6) is -2.54. The highest BCUT2D eigenvalue weighted by molar-refractivity contribution is 5.98. The standard InChI is InChI=1S/C14H17FN2O3/c15-11-8-9(16)4-5-10(11)12(18)17-14(13(19)20)6-2-1-3-7-14/h4-5,8H,1-3,6-7,16H2,(H,17,18)(H,19,20). The Kier molecular flexibility index (Phi) is 3.92. The zero-order valence-corrected chi connectivity index (χ0v) is 11.0. The van der Waals surface area contributed by atoms with Crippen LogP contribution in [0.25, 0.3) is 0 Å². The third-order valence-corrected chi connectivity index (χ3v) is 3.71. The summed E-state index contributed by atoms with van der Waals surface area (Å²) in [5, 5.41) is 11.9. The SMILES string of the molecule is Nc1ccc(C(=O)NC2(C(=O)O)CCCCC2)c(F)c1. The third-order valence-electron chi connectivity index (χ3n) is 3.71. The number of nitrogen functional groups attached to an aromatic ring is 1. The number of aliphatic carboxylic acids is 1. The highest BCUT2D eigenvalue weighted by Crippen LogP contribution is 2.29. The van der Waals surface area contributed by atoms with Gasteiger partial charge in [-0.25, -0.2) is 9.18 Å². The number of nitrogens with one attached hydrogen (secondary N) is 1. The highest BCUT2D eigenvalue weighted by Gasteiger charge is 2.41. The first kappa shape index (κ1) is 14.3. The quantitative estimate of drug-likeness (QED) is 0.737. The maximum atomic E-state index is 13.7. The molecule has 2 rings (SSSR count). The van der Waals surface area contributed by atoms with Crippen LogP contribution in [0.4, 0.5) is 10.1 Å². The topological polar surface area (TPSA) is 92.4 Å². The molecule has 108 valence electrons. The van der Waals surface area contributed by atoms with Gasteiger partial charge in [0.2, 0.25) is 0 Å². The van der Waals surface area contributed by atoms with Crippen molar-refractivity contribution in [3.05, 3.63) is 29.6 Å². The number of hydrogen-bond acceptors (Lipinski definition) is 3. The Morgan fingerprint density at radius 1 is 1.25 bits per heavy atom. The Balaban J connectivity index is 2.22. The van der Waals surface area contributed by atoms with Gasteiger partial charge >= 0.3 is 5.97 Å². The van der Waals surface area contributed by atoms with Crippen molar-refractivity contribution in [1.29, 1.82) is 0 Å². The molecule has 5 nitrogen and oxygen atoms in total. The second kappa shape index (κ2) is 5.48. The maximum Gasteiger partial charge on any atom is 0.329 e. The second-order valence-corrected chi connectivity index (χ2v) is 5.14. The molecule has 0 saturated heterocycles. The smallest absolute Gasteiger partial charge is 0.329 e. The van der Waals surface area contributed by atoms with Gasteiger partial charge in [-0.15, -0.1) is 0 Å². The van der Waals surface area contributed by atoms with Crippen molar-refractivity contribution in [2.45, 2.75) is 37.6 Å². The van der Waals surface area contributed by atoms with E-state index in [1.54, 1.807) is 0 Å². The summed E-state index contributed by atoms with van der Waals surface area (Å²) < 4.78 is 13.7. The molecule has 0 unspecified atom stereocenters. The van der Waals surface area contributed by atoms with E-state index in [1.165, 1.54) is 12.1 Å². The number of carbonyl (C=O) groups is 2. The fraction of sp³-hybridized carbons (Fsp3) is 0.429. The van der Waals surface area contributed by atoms with Crippen LogP contribution in [0.15, 0.2) is 18.2 Å². The molecule has 6 heteroatoms. The van der Waals surface area contributed by atoms with Gasteiger partial charge in [0.1, 0.15) is 11.4 Å². The molecular formula is C14H17FN2O3. The fourth-order valence-corrected chi connectivity index (χ4v) is 2.55. The number of amides is 1. The Bertz CT molecular complexity index is 539. The van der Waals surface area contributed by atoms with Gasteiger partial charge in [0.15, 0.2) is 0 Å². The van der Waals surface area contributed by atoms with E-state index in [2.05, 4.69) is 5.32 Å². The summed E-state index contributed by atoms with van der Waals surface area (Å²) >= 11 is 0. The molecule has 1 fully saturated rings. The summed E-state index contributed by atoms with van der Waals surface area (Å²) in [5.41, 5.74) is 4.15. The Labute approximate surface area is 116 Å². The lowest BCUT2D eigenvalue weighted by atomic mass is 9.81. The average Bonchev–Trinajstić information content (AvgIpc) is 2.39. The molecule has 0 spiro atoms. The molecule has 4 N–H and O–H groups in total. The van der Waals surface area contributed by atoms with Crippen molar-refractivity contribution < 1.29 is 19.1 Å². The molecule has 1 aliphatic carbocycles. The summed E-state index contributed by atoms with van der Waals surface area (Å²) in [6, 6.07) is 3.72. The fourth-order valence-electron chi connectivity index (χ4n) is 2.55. The number of carboxylic acid groups (broad SMARTS) is 1. The van der Waals surface area contributed by atoms with Crippen LogP contribution in [0.3, 0.4) is 0 Å². The van der Waals surface area contributed by atoms with Crippen molar-refractivity contribution in [3.8, 4) is 0 Å². The highest BCUT2D eigenvalue weighted by atomic mass is 19.1. The zero-order valence-electron chi connectivity index (χ0n) is 11.0. The van der Waals surface area contributed by atoms with Crippen LogP contribution in [0.5, 0.6) is 0 Å². The first-order chi connectivity index (χ1) is 9.44. The number of halogens is 1. The predicted octanol–water partition coefficient (Wildman–Crippen LogP) is 1.93. The van der Waals surface area contributed by atoms with Crippen molar-refractivity contribution >= 4 is 17.6 Å². The molecule has 1 saturated carbocycles. The van der Waals surface area contributed by atoms with Crippen molar-refractivity contribution in [1.82, 2.24) is 5.32 Å². The van der Waals surface area contributed by atoms with E-state index in [4.69, 9.17) is 5.73 Å². The molecule has 0 radical (unpaired) electrons. The van der Waals surface area contributed by atoms with Crippen molar-refractivity contribution in [3.63, 3.8) is 0 Å². The Hall–Kier alpha value is -2.11. The van der Waals surface area contributed by atoms with Gasteiger partial charge in [0.25, 0.3) is 5.91 Å². The van der Waals surface area contributed by atoms with Gasteiger partial charge in [-0.3, -0.25) is 4.79 Å². The van der Waals surface area contributed by atoms with E-state index in [0.29, 0.717) is 12.8 Å². The van der Waals surface area contributed by atoms with Crippen LogP contribution in [0.2, 0.25) is 0 Å². The van der Waals surface area contributed by atoms with E-state index in [0.717, 1.165) is 25.3 Å². The molecule has 0 aromatic heterocycles. The van der Waals surface area contributed by atoms with E-state index < -0.39 is 23.2 Å². The second-order valence-electron chi connectivity index (χ2n) is 5.14. The number of rotatable bonds is 3. The molecule has 1 amide bonds. The van der Waals surface area contributed by atoms with Crippen LogP contribution in [0, 0.1) is 5.82 Å². The van der Waals surface area contributed by atoms with Gasteiger partial charge in [-0.05, 0) is 31.0 Å². The van der Waals surface area contributed by atoms with E-state index in [-0.39, 0.29) is 11.3 Å². The zero-order chi connectivity index (χ0) is 14.8. The molecule has 0 heterocycles. The average molecular weight is 280 g/mol. The third kappa shape index (κ3) is 2.74. The minimum absolute atomic E-state index is 0.189. The molecule has 1 aromatic rings. The van der Waals surface area contributed by atoms with Crippen LogP contribution in [-0.4, -0.2) is 22.5 Å². The monoisotopic (exact) mass is 280 g/mol. The molecule has 1 aliphatic rings. The van der Waals surface area contributed by atoms with Crippen molar-refractivity contribution in [2.75, 3.05) is 5.73 Å². The number of hydrogen-bond donors (Lipinski definition) is 3. The number of nitrogens with two attached hydrogens (primary N) is 1. The summed E-state index contributed by atoms with van der Waals surface area (Å²) in [6.45, 7) is 0. The van der Waals surface area contributed by atoms with Crippen LogP contribution in [-0.2, 0) is 4.79 Å². The number of carbonyl (C=O) groups excluding carboxylic acids is 1. The Morgan fingerprint density at radius 2 is 1.90 bits per heavy atom. The molecule has 20 heavy (non-hydrogen) atoms. The predicted molar refractivity (Wildman–Crippen MR) is 71.7 cm³/mol. The summed E-state index contributed by atoms with van der Waals surface area (Å²) in [4.78, 5) is 23.6. The van der Waals surface area contributed by atoms with Crippen LogP contribution < -0.4 is 11.1 Å². The van der Waals surface area contributed by atoms with Gasteiger partial charge in [-0.1, -0.05) is 19.3 Å². The first-order valence-corrected chi connectivity index (χ1v) is 6.55. The van der Waals surface area contributed by atoms with E-state index >= 15 is 0 Å². The van der Waals surface area contributed by atoms with Crippen molar-refractivity contribution in [2.24, 2.45) is 0 Å². The molecule has 0 bridgehead atoms. The largest absolute Gasteiger partial charge is 0.480 e. The molecule has 0 aliphatic heterocycles. The molecular weight excluding hydrogens is 263 g/mol. The molecule has 0 atom stereocenters. The lowest BCUT2D eigenvalue weighted by Gasteiger charge is -2.34. The number of anilines is 1. The summed E-state index contributed by atoms with van der Waals surface area (Å²) in [6.07, 6.45) is 3.14. The van der Waals surface area contributed by atoms with Crippen LogP contribution >= 0.6 is 0 Å². The van der Waals surface area contributed by atoms with Gasteiger partial charge in [-0.2, -0.15) is 0 Å². The van der Waals surface area contributed by atoms with Gasteiger partial charge < -0.3 is 16.2 Å².